The van der Waals surface area contributed by atoms with E-state index in [0.717, 1.165) is 15.6 Å². The van der Waals surface area contributed by atoms with Gasteiger partial charge in [-0.1, -0.05) is 22.0 Å². The van der Waals surface area contributed by atoms with Gasteiger partial charge in [-0.25, -0.2) is 0 Å². The lowest BCUT2D eigenvalue weighted by Crippen LogP contribution is -2.36. The van der Waals surface area contributed by atoms with Crippen LogP contribution in [-0.4, -0.2) is 31.6 Å². The Labute approximate surface area is 173 Å². The van der Waals surface area contributed by atoms with Crippen LogP contribution in [0.3, 0.4) is 0 Å². The van der Waals surface area contributed by atoms with Crippen LogP contribution in [0.25, 0.3) is 0 Å². The number of anilines is 1. The second kappa shape index (κ2) is 10.7. The van der Waals surface area contributed by atoms with Crippen LogP contribution < -0.4 is 20.1 Å². The van der Waals surface area contributed by atoms with Crippen molar-refractivity contribution >= 4 is 33.4 Å². The highest BCUT2D eigenvalue weighted by Crippen LogP contribution is 2.28. The monoisotopic (exact) mass is 448 g/mol. The largest absolute Gasteiger partial charge is 0.490 e. The van der Waals surface area contributed by atoms with Gasteiger partial charge in [0.15, 0.2) is 11.5 Å². The average molecular weight is 449 g/mol. The number of carbonyl (C=O) groups is 2. The van der Waals surface area contributed by atoms with Crippen molar-refractivity contribution in [3.05, 3.63) is 52.0 Å². The maximum Gasteiger partial charge on any atom is 0.313 e. The van der Waals surface area contributed by atoms with Crippen LogP contribution in [0, 0.1) is 6.92 Å². The predicted molar refractivity (Wildman–Crippen MR) is 113 cm³/mol. The van der Waals surface area contributed by atoms with Crippen LogP contribution in [0.15, 0.2) is 40.9 Å². The van der Waals surface area contributed by atoms with Gasteiger partial charge in [-0.3, -0.25) is 9.59 Å². The molecule has 2 aromatic rings. The van der Waals surface area contributed by atoms with E-state index in [0.29, 0.717) is 43.4 Å². The standard InChI is InChI=1S/C21H25BrN2O4/c1-4-27-18-9-6-15(13-19(18)28-5-2)10-11-23-20(25)21(26)24-17-8-7-16(22)12-14(17)3/h6-9,12-13H,4-5,10-11H2,1-3H3,(H,23,25)(H,24,26). The summed E-state index contributed by atoms with van der Waals surface area (Å²) in [6.45, 7) is 7.12. The Kier molecular flexibility index (Phi) is 8.32. The smallest absolute Gasteiger partial charge is 0.313 e. The first-order valence-corrected chi connectivity index (χ1v) is 9.97. The second-order valence-corrected chi connectivity index (χ2v) is 6.98. The number of ether oxygens (including phenoxy) is 2. The van der Waals surface area contributed by atoms with E-state index in [1.54, 1.807) is 6.07 Å². The third kappa shape index (κ3) is 6.27. The van der Waals surface area contributed by atoms with Gasteiger partial charge in [-0.05, 0) is 68.7 Å². The Balaban J connectivity index is 1.88. The number of halogens is 1. The van der Waals surface area contributed by atoms with E-state index in [4.69, 9.17) is 9.47 Å². The minimum absolute atomic E-state index is 0.338. The Morgan fingerprint density at radius 2 is 1.68 bits per heavy atom. The van der Waals surface area contributed by atoms with Gasteiger partial charge in [0.25, 0.3) is 0 Å². The number of amides is 2. The molecule has 0 fully saturated rings. The van der Waals surface area contributed by atoms with Crippen LogP contribution in [0.5, 0.6) is 11.5 Å². The summed E-state index contributed by atoms with van der Waals surface area (Å²) in [4.78, 5) is 24.1. The fraction of sp³-hybridized carbons (Fsp3) is 0.333. The van der Waals surface area contributed by atoms with Crippen molar-refractivity contribution in [3.63, 3.8) is 0 Å². The van der Waals surface area contributed by atoms with Crippen LogP contribution in [-0.2, 0) is 16.0 Å². The van der Waals surface area contributed by atoms with Crippen molar-refractivity contribution in [2.24, 2.45) is 0 Å². The normalized spacial score (nSPS) is 10.3. The van der Waals surface area contributed by atoms with E-state index in [-0.39, 0.29) is 0 Å². The summed E-state index contributed by atoms with van der Waals surface area (Å²) in [5.41, 5.74) is 2.46. The first kappa shape index (κ1) is 21.8. The quantitative estimate of drug-likeness (QED) is 0.601. The molecule has 2 N–H and O–H groups in total. The van der Waals surface area contributed by atoms with Gasteiger partial charge in [0.05, 0.1) is 13.2 Å². The number of benzene rings is 2. The van der Waals surface area contributed by atoms with E-state index in [9.17, 15) is 9.59 Å². The molecule has 0 atom stereocenters. The Morgan fingerprint density at radius 1 is 0.964 bits per heavy atom. The zero-order chi connectivity index (χ0) is 20.5. The summed E-state index contributed by atoms with van der Waals surface area (Å²) in [6, 6.07) is 11.1. The highest BCUT2D eigenvalue weighted by atomic mass is 79.9. The molecule has 2 amide bonds. The molecule has 0 aliphatic heterocycles. The number of nitrogens with one attached hydrogen (secondary N) is 2. The van der Waals surface area contributed by atoms with Gasteiger partial charge in [-0.2, -0.15) is 0 Å². The average Bonchev–Trinajstić information content (AvgIpc) is 2.66. The summed E-state index contributed by atoms with van der Waals surface area (Å²) in [6.07, 6.45) is 0.572. The number of rotatable bonds is 8. The van der Waals surface area contributed by atoms with E-state index < -0.39 is 11.8 Å². The van der Waals surface area contributed by atoms with Gasteiger partial charge in [0.1, 0.15) is 0 Å². The molecule has 2 aromatic carbocycles. The molecule has 0 heterocycles. The molecule has 2 rings (SSSR count). The van der Waals surface area contributed by atoms with Crippen molar-refractivity contribution in [3.8, 4) is 11.5 Å². The molecule has 0 saturated heterocycles. The lowest BCUT2D eigenvalue weighted by molar-refractivity contribution is -0.136. The van der Waals surface area contributed by atoms with Gasteiger partial charge < -0.3 is 20.1 Å². The van der Waals surface area contributed by atoms with E-state index >= 15 is 0 Å². The van der Waals surface area contributed by atoms with Gasteiger partial charge in [0, 0.05) is 16.7 Å². The molecule has 0 aliphatic carbocycles. The molecule has 150 valence electrons. The molecule has 0 saturated carbocycles. The van der Waals surface area contributed by atoms with Crippen LogP contribution in [0.1, 0.15) is 25.0 Å². The van der Waals surface area contributed by atoms with Crippen LogP contribution in [0.2, 0.25) is 0 Å². The molecule has 0 aliphatic rings. The van der Waals surface area contributed by atoms with Gasteiger partial charge in [-0.15, -0.1) is 0 Å². The third-order valence-electron chi connectivity index (χ3n) is 3.95. The summed E-state index contributed by atoms with van der Waals surface area (Å²) in [7, 11) is 0. The molecule has 6 nitrogen and oxygen atoms in total. The fourth-order valence-electron chi connectivity index (χ4n) is 2.60. The summed E-state index contributed by atoms with van der Waals surface area (Å²) >= 11 is 3.37. The Morgan fingerprint density at radius 3 is 2.36 bits per heavy atom. The van der Waals surface area contributed by atoms with E-state index in [1.165, 1.54) is 0 Å². The third-order valence-corrected chi connectivity index (χ3v) is 4.44. The number of carbonyl (C=O) groups excluding carboxylic acids is 2. The fourth-order valence-corrected chi connectivity index (χ4v) is 3.07. The zero-order valence-electron chi connectivity index (χ0n) is 16.3. The zero-order valence-corrected chi connectivity index (χ0v) is 17.9. The first-order chi connectivity index (χ1) is 13.4. The lowest BCUT2D eigenvalue weighted by atomic mass is 10.1. The Hall–Kier alpha value is -2.54. The molecule has 0 spiro atoms. The predicted octanol–water partition coefficient (Wildman–Crippen LogP) is 3.85. The minimum Gasteiger partial charge on any atom is -0.490 e. The van der Waals surface area contributed by atoms with Crippen molar-refractivity contribution in [2.75, 3.05) is 25.1 Å². The first-order valence-electron chi connectivity index (χ1n) is 9.18. The molecular weight excluding hydrogens is 424 g/mol. The van der Waals surface area contributed by atoms with Crippen molar-refractivity contribution < 1.29 is 19.1 Å². The second-order valence-electron chi connectivity index (χ2n) is 6.07. The highest BCUT2D eigenvalue weighted by molar-refractivity contribution is 9.10. The number of hydrogen-bond donors (Lipinski definition) is 2. The molecule has 0 bridgehead atoms. The minimum atomic E-state index is -0.688. The maximum atomic E-state index is 12.1. The lowest BCUT2D eigenvalue weighted by Gasteiger charge is -2.13. The van der Waals surface area contributed by atoms with Gasteiger partial charge >= 0.3 is 11.8 Å². The molecule has 0 unspecified atom stereocenters. The van der Waals surface area contributed by atoms with Gasteiger partial charge in [0.2, 0.25) is 0 Å². The van der Waals surface area contributed by atoms with Crippen molar-refractivity contribution in [1.29, 1.82) is 0 Å². The number of aryl methyl sites for hydroxylation is 1. The molecule has 0 radical (unpaired) electrons. The molecule has 0 aromatic heterocycles. The summed E-state index contributed by atoms with van der Waals surface area (Å²) < 4.78 is 12.1. The SMILES string of the molecule is CCOc1ccc(CCNC(=O)C(=O)Nc2ccc(Br)cc2C)cc1OCC. The summed E-state index contributed by atoms with van der Waals surface area (Å²) in [5.74, 6) is 0.0171. The maximum absolute atomic E-state index is 12.1. The van der Waals surface area contributed by atoms with Crippen molar-refractivity contribution in [2.45, 2.75) is 27.2 Å². The van der Waals surface area contributed by atoms with Crippen LogP contribution >= 0.6 is 15.9 Å². The highest BCUT2D eigenvalue weighted by Gasteiger charge is 2.14. The topological polar surface area (TPSA) is 76.7 Å². The molecular formula is C21H25BrN2O4. The van der Waals surface area contributed by atoms with Crippen LogP contribution in [0.4, 0.5) is 5.69 Å². The molecule has 28 heavy (non-hydrogen) atoms. The summed E-state index contributed by atoms with van der Waals surface area (Å²) in [5, 5.41) is 5.27. The number of hydrogen-bond acceptors (Lipinski definition) is 4. The molecule has 7 heteroatoms. The van der Waals surface area contributed by atoms with E-state index in [1.807, 2.05) is 51.1 Å². The van der Waals surface area contributed by atoms with E-state index in [2.05, 4.69) is 26.6 Å². The van der Waals surface area contributed by atoms with Crippen molar-refractivity contribution in [1.82, 2.24) is 5.32 Å². The Bertz CT molecular complexity index is 839.